The summed E-state index contributed by atoms with van der Waals surface area (Å²) in [6.45, 7) is 1.99. The molecule has 3 aromatic rings. The van der Waals surface area contributed by atoms with E-state index in [4.69, 9.17) is 32.4 Å². The number of nitrogens with zero attached hydrogens (tertiary/aromatic N) is 1. The molecule has 0 atom stereocenters. The highest BCUT2D eigenvalue weighted by molar-refractivity contribution is 7.13. The Balaban J connectivity index is 1.63. The fraction of sp³-hybridized carbons (Fsp3) is 0.125. The highest BCUT2D eigenvalue weighted by atomic mass is 35.5. The van der Waals surface area contributed by atoms with Crippen molar-refractivity contribution >= 4 is 45.6 Å². The predicted octanol–water partition coefficient (Wildman–Crippen LogP) is 5.18. The minimum absolute atomic E-state index is 0.129. The van der Waals surface area contributed by atoms with Crippen molar-refractivity contribution in [2.45, 2.75) is 13.5 Å². The number of rotatable bonds is 5. The number of carbonyl (C=O) groups excluding carboxylic acids is 1. The van der Waals surface area contributed by atoms with Crippen molar-refractivity contribution in [2.75, 3.05) is 5.32 Å². The molecule has 0 unspecified atom stereocenters. The molecule has 0 bridgehead atoms. The number of anilines is 1. The van der Waals surface area contributed by atoms with Crippen molar-refractivity contribution in [3.63, 3.8) is 0 Å². The first-order chi connectivity index (χ1) is 11.5. The van der Waals surface area contributed by atoms with Gasteiger partial charge in [0, 0.05) is 5.38 Å². The van der Waals surface area contributed by atoms with Crippen LogP contribution in [0.5, 0.6) is 5.75 Å². The van der Waals surface area contributed by atoms with Crippen molar-refractivity contribution in [1.29, 1.82) is 0 Å². The number of amides is 1. The van der Waals surface area contributed by atoms with Gasteiger partial charge in [-0.15, -0.1) is 11.3 Å². The standard InChI is InChI=1S/C16H12Cl2N2O3S/c1-9-8-24-16(19-9)20-15(21)13-6-5-10(23-13)7-22-12-4-2-3-11(17)14(12)18/h2-6,8H,7H2,1H3,(H,19,20,21). The van der Waals surface area contributed by atoms with E-state index in [1.54, 1.807) is 30.3 Å². The molecule has 0 aliphatic heterocycles. The largest absolute Gasteiger partial charge is 0.484 e. The van der Waals surface area contributed by atoms with Crippen molar-refractivity contribution in [3.8, 4) is 5.75 Å². The van der Waals surface area contributed by atoms with Crippen LogP contribution in [-0.4, -0.2) is 10.9 Å². The van der Waals surface area contributed by atoms with Crippen LogP contribution in [0.2, 0.25) is 10.0 Å². The van der Waals surface area contributed by atoms with Gasteiger partial charge in [-0.05, 0) is 31.2 Å². The lowest BCUT2D eigenvalue weighted by Gasteiger charge is -2.07. The van der Waals surface area contributed by atoms with Crippen LogP contribution >= 0.6 is 34.5 Å². The Labute approximate surface area is 152 Å². The molecule has 24 heavy (non-hydrogen) atoms. The Morgan fingerprint density at radius 1 is 1.33 bits per heavy atom. The summed E-state index contributed by atoms with van der Waals surface area (Å²) >= 11 is 13.3. The number of aryl methyl sites for hydroxylation is 1. The minimum atomic E-state index is -0.364. The molecule has 3 rings (SSSR count). The molecule has 0 aliphatic rings. The molecule has 0 saturated heterocycles. The molecule has 5 nitrogen and oxygen atoms in total. The first-order valence-corrected chi connectivity index (χ1v) is 8.55. The van der Waals surface area contributed by atoms with Gasteiger partial charge in [-0.3, -0.25) is 10.1 Å². The third-order valence-electron chi connectivity index (χ3n) is 3.01. The number of carbonyl (C=O) groups is 1. The second kappa shape index (κ2) is 7.25. The predicted molar refractivity (Wildman–Crippen MR) is 94.3 cm³/mol. The summed E-state index contributed by atoms with van der Waals surface area (Å²) in [6, 6.07) is 8.36. The van der Waals surface area contributed by atoms with Crippen molar-refractivity contribution in [2.24, 2.45) is 0 Å². The lowest BCUT2D eigenvalue weighted by Crippen LogP contribution is -2.10. The van der Waals surface area contributed by atoms with Crippen LogP contribution in [0.1, 0.15) is 22.0 Å². The fourth-order valence-corrected chi connectivity index (χ4v) is 2.92. The average molecular weight is 383 g/mol. The number of nitrogens with one attached hydrogen (secondary N) is 1. The maximum atomic E-state index is 12.1. The van der Waals surface area contributed by atoms with Gasteiger partial charge in [0.15, 0.2) is 10.9 Å². The van der Waals surface area contributed by atoms with E-state index in [-0.39, 0.29) is 18.3 Å². The van der Waals surface area contributed by atoms with E-state index in [0.29, 0.717) is 26.7 Å². The molecule has 0 aliphatic carbocycles. The number of benzene rings is 1. The van der Waals surface area contributed by atoms with Crippen molar-refractivity contribution < 1.29 is 13.9 Å². The second-order valence-corrected chi connectivity index (χ2v) is 6.50. The molecule has 1 N–H and O–H groups in total. The third kappa shape index (κ3) is 3.90. The van der Waals surface area contributed by atoms with E-state index in [9.17, 15) is 4.79 Å². The summed E-state index contributed by atoms with van der Waals surface area (Å²) in [5.74, 6) is 0.756. The average Bonchev–Trinajstić information content (AvgIpc) is 3.18. The van der Waals surface area contributed by atoms with E-state index < -0.39 is 0 Å². The van der Waals surface area contributed by atoms with Crippen molar-refractivity contribution in [3.05, 3.63) is 63.0 Å². The number of hydrogen-bond donors (Lipinski definition) is 1. The number of thiazole rings is 1. The molecular weight excluding hydrogens is 371 g/mol. The van der Waals surface area contributed by atoms with E-state index >= 15 is 0 Å². The van der Waals surface area contributed by atoms with Gasteiger partial charge in [0.05, 0.1) is 10.7 Å². The van der Waals surface area contributed by atoms with Crippen LogP contribution in [0.4, 0.5) is 5.13 Å². The molecule has 0 spiro atoms. The van der Waals surface area contributed by atoms with E-state index in [0.717, 1.165) is 5.69 Å². The Kier molecular flexibility index (Phi) is 5.08. The summed E-state index contributed by atoms with van der Waals surface area (Å²) in [6.07, 6.45) is 0. The highest BCUT2D eigenvalue weighted by Gasteiger charge is 2.14. The molecular formula is C16H12Cl2N2O3S. The smallest absolute Gasteiger partial charge is 0.293 e. The van der Waals surface area contributed by atoms with Gasteiger partial charge in [0.25, 0.3) is 5.91 Å². The molecule has 0 radical (unpaired) electrons. The van der Waals surface area contributed by atoms with E-state index in [1.807, 2.05) is 12.3 Å². The summed E-state index contributed by atoms with van der Waals surface area (Å²) in [4.78, 5) is 16.3. The maximum Gasteiger partial charge on any atom is 0.293 e. The van der Waals surface area contributed by atoms with Gasteiger partial charge in [0.2, 0.25) is 0 Å². The number of hydrogen-bond acceptors (Lipinski definition) is 5. The molecule has 2 heterocycles. The topological polar surface area (TPSA) is 64.4 Å². The lowest BCUT2D eigenvalue weighted by molar-refractivity contribution is 0.0992. The summed E-state index contributed by atoms with van der Waals surface area (Å²) in [5.41, 5.74) is 0.849. The molecule has 8 heteroatoms. The van der Waals surface area contributed by atoms with Gasteiger partial charge in [-0.1, -0.05) is 29.3 Å². The summed E-state index contributed by atoms with van der Waals surface area (Å²) in [5, 5.41) is 5.80. The molecule has 1 amide bonds. The van der Waals surface area contributed by atoms with Crippen LogP contribution in [-0.2, 0) is 6.61 Å². The van der Waals surface area contributed by atoms with Crippen LogP contribution in [0.15, 0.2) is 40.1 Å². The van der Waals surface area contributed by atoms with Gasteiger partial charge in [-0.25, -0.2) is 4.98 Å². The summed E-state index contributed by atoms with van der Waals surface area (Å²) in [7, 11) is 0. The monoisotopic (exact) mass is 382 g/mol. The first-order valence-electron chi connectivity index (χ1n) is 6.92. The Morgan fingerprint density at radius 2 is 2.17 bits per heavy atom. The van der Waals surface area contributed by atoms with Gasteiger partial charge >= 0.3 is 0 Å². The third-order valence-corrected chi connectivity index (χ3v) is 4.69. The quantitative estimate of drug-likeness (QED) is 0.659. The van der Waals surface area contributed by atoms with Gasteiger partial charge in [0.1, 0.15) is 23.1 Å². The zero-order valence-electron chi connectivity index (χ0n) is 12.5. The molecule has 1 aromatic carbocycles. The summed E-state index contributed by atoms with van der Waals surface area (Å²) < 4.78 is 11.0. The van der Waals surface area contributed by atoms with Crippen LogP contribution < -0.4 is 10.1 Å². The Morgan fingerprint density at radius 3 is 2.92 bits per heavy atom. The normalized spacial score (nSPS) is 10.6. The minimum Gasteiger partial charge on any atom is -0.484 e. The molecule has 2 aromatic heterocycles. The Bertz CT molecular complexity index is 876. The highest BCUT2D eigenvalue weighted by Crippen LogP contribution is 2.32. The van der Waals surface area contributed by atoms with E-state index in [2.05, 4.69) is 10.3 Å². The lowest BCUT2D eigenvalue weighted by atomic mass is 10.3. The number of aromatic nitrogens is 1. The Hall–Kier alpha value is -2.02. The molecule has 0 fully saturated rings. The zero-order chi connectivity index (χ0) is 17.1. The molecule has 124 valence electrons. The first kappa shape index (κ1) is 16.8. The fourth-order valence-electron chi connectivity index (χ4n) is 1.89. The maximum absolute atomic E-state index is 12.1. The van der Waals surface area contributed by atoms with Crippen LogP contribution in [0.3, 0.4) is 0 Å². The van der Waals surface area contributed by atoms with Gasteiger partial charge < -0.3 is 9.15 Å². The molecule has 0 saturated carbocycles. The number of ether oxygens (including phenoxy) is 1. The second-order valence-electron chi connectivity index (χ2n) is 4.85. The SMILES string of the molecule is Cc1csc(NC(=O)c2ccc(COc3cccc(Cl)c3Cl)o2)n1. The van der Waals surface area contributed by atoms with E-state index in [1.165, 1.54) is 11.3 Å². The van der Waals surface area contributed by atoms with Crippen LogP contribution in [0.25, 0.3) is 0 Å². The number of furan rings is 1. The van der Waals surface area contributed by atoms with Crippen LogP contribution in [0, 0.1) is 6.92 Å². The zero-order valence-corrected chi connectivity index (χ0v) is 14.8. The van der Waals surface area contributed by atoms with Crippen molar-refractivity contribution in [1.82, 2.24) is 4.98 Å². The van der Waals surface area contributed by atoms with Gasteiger partial charge in [-0.2, -0.15) is 0 Å². The number of halogens is 2.